The monoisotopic (exact) mass is 307 g/mol. The highest BCUT2D eigenvalue weighted by Gasteiger charge is 2.33. The van der Waals surface area contributed by atoms with Crippen LogP contribution < -0.4 is 11.1 Å². The van der Waals surface area contributed by atoms with Crippen molar-refractivity contribution in [3.63, 3.8) is 0 Å². The van der Waals surface area contributed by atoms with E-state index >= 15 is 0 Å². The van der Waals surface area contributed by atoms with Gasteiger partial charge in [-0.1, -0.05) is 19.3 Å². The lowest BCUT2D eigenvalue weighted by molar-refractivity contribution is 0.0833. The fourth-order valence-corrected chi connectivity index (χ4v) is 4.44. The minimum atomic E-state index is 0.0242. The number of carbonyl (C=O) groups excluding carboxylic acids is 1. The first-order chi connectivity index (χ1) is 10.1. The van der Waals surface area contributed by atoms with Crippen molar-refractivity contribution in [1.82, 2.24) is 4.90 Å². The highest BCUT2D eigenvalue weighted by molar-refractivity contribution is 7.18. The maximum atomic E-state index is 12.3. The molecular formula is C16H25N3OS. The van der Waals surface area contributed by atoms with Gasteiger partial charge in [-0.3, -0.25) is 4.79 Å². The number of amides is 1. The molecule has 0 radical (unpaired) electrons. The summed E-state index contributed by atoms with van der Waals surface area (Å²) in [7, 11) is 3.57. The number of nitrogen functional groups attached to an aromatic ring is 1. The Hall–Kier alpha value is -1.23. The Morgan fingerprint density at radius 1 is 1.19 bits per heavy atom. The summed E-state index contributed by atoms with van der Waals surface area (Å²) < 4.78 is 0. The molecule has 1 aromatic heterocycles. The van der Waals surface area contributed by atoms with Crippen LogP contribution in [0, 0.1) is 0 Å². The molecule has 0 aliphatic heterocycles. The molecule has 116 valence electrons. The number of anilines is 2. The molecule has 3 rings (SSSR count). The smallest absolute Gasteiger partial charge is 0.265 e. The van der Waals surface area contributed by atoms with E-state index in [1.54, 1.807) is 30.3 Å². The summed E-state index contributed by atoms with van der Waals surface area (Å²) in [6.45, 7) is 0. The van der Waals surface area contributed by atoms with Crippen molar-refractivity contribution in [3.05, 3.63) is 10.4 Å². The van der Waals surface area contributed by atoms with Gasteiger partial charge in [0.15, 0.2) is 0 Å². The first kappa shape index (κ1) is 14.7. The maximum absolute atomic E-state index is 12.3. The van der Waals surface area contributed by atoms with E-state index in [0.717, 1.165) is 10.7 Å². The molecule has 3 N–H and O–H groups in total. The van der Waals surface area contributed by atoms with Gasteiger partial charge >= 0.3 is 0 Å². The Kier molecular flexibility index (Phi) is 4.11. The molecule has 1 amide bonds. The second-order valence-corrected chi connectivity index (χ2v) is 7.56. The molecule has 0 saturated heterocycles. The number of rotatable bonds is 4. The summed E-state index contributed by atoms with van der Waals surface area (Å²) in [6, 6.07) is 0.552. The molecule has 0 atom stereocenters. The van der Waals surface area contributed by atoms with Crippen LogP contribution in [0.5, 0.6) is 0 Å². The molecule has 2 fully saturated rings. The van der Waals surface area contributed by atoms with Crippen molar-refractivity contribution in [2.75, 3.05) is 25.1 Å². The third kappa shape index (κ3) is 3.03. The van der Waals surface area contributed by atoms with E-state index < -0.39 is 0 Å². The second kappa shape index (κ2) is 5.87. The van der Waals surface area contributed by atoms with Crippen LogP contribution >= 0.6 is 11.3 Å². The summed E-state index contributed by atoms with van der Waals surface area (Å²) in [6.07, 6.45) is 8.84. The molecule has 1 aromatic rings. The van der Waals surface area contributed by atoms with Crippen molar-refractivity contribution >= 4 is 27.9 Å². The Morgan fingerprint density at radius 3 is 2.43 bits per heavy atom. The first-order valence-electron chi connectivity index (χ1n) is 7.98. The Balaban J connectivity index is 1.87. The van der Waals surface area contributed by atoms with Gasteiger partial charge in [0.1, 0.15) is 4.88 Å². The van der Waals surface area contributed by atoms with Gasteiger partial charge in [-0.05, 0) is 31.6 Å². The lowest BCUT2D eigenvalue weighted by Gasteiger charge is -2.23. The number of hydrogen-bond acceptors (Lipinski definition) is 4. The van der Waals surface area contributed by atoms with Gasteiger partial charge in [0.05, 0.1) is 10.7 Å². The van der Waals surface area contributed by atoms with Crippen LogP contribution in [0.3, 0.4) is 0 Å². The molecular weight excluding hydrogens is 282 g/mol. The van der Waals surface area contributed by atoms with Crippen molar-refractivity contribution in [2.45, 2.75) is 56.9 Å². The van der Waals surface area contributed by atoms with Crippen LogP contribution in [0.15, 0.2) is 0 Å². The molecule has 0 unspecified atom stereocenters. The lowest BCUT2D eigenvalue weighted by atomic mass is 9.95. The number of carbonyl (C=O) groups is 1. The number of nitrogens with two attached hydrogens (primary N) is 1. The van der Waals surface area contributed by atoms with Crippen LogP contribution in [0.1, 0.15) is 66.1 Å². The number of thiophene rings is 1. The van der Waals surface area contributed by atoms with Crippen LogP contribution in [-0.2, 0) is 0 Å². The van der Waals surface area contributed by atoms with Gasteiger partial charge in [0, 0.05) is 25.7 Å². The van der Waals surface area contributed by atoms with Crippen LogP contribution in [0.4, 0.5) is 10.7 Å². The van der Waals surface area contributed by atoms with E-state index in [1.807, 2.05) is 0 Å². The molecule has 2 saturated carbocycles. The Bertz CT molecular complexity index is 528. The zero-order valence-corrected chi connectivity index (χ0v) is 13.8. The third-order valence-electron chi connectivity index (χ3n) is 4.51. The van der Waals surface area contributed by atoms with Crippen molar-refractivity contribution in [1.29, 1.82) is 0 Å². The maximum Gasteiger partial charge on any atom is 0.265 e. The first-order valence-corrected chi connectivity index (χ1v) is 8.80. The van der Waals surface area contributed by atoms with Gasteiger partial charge < -0.3 is 16.0 Å². The molecule has 2 aliphatic carbocycles. The van der Waals surface area contributed by atoms with E-state index in [-0.39, 0.29) is 5.91 Å². The highest BCUT2D eigenvalue weighted by Crippen LogP contribution is 2.51. The van der Waals surface area contributed by atoms with E-state index in [1.165, 1.54) is 50.5 Å². The lowest BCUT2D eigenvalue weighted by Crippen LogP contribution is -2.22. The van der Waals surface area contributed by atoms with Crippen LogP contribution in [0.25, 0.3) is 0 Å². The summed E-state index contributed by atoms with van der Waals surface area (Å²) in [5.41, 5.74) is 8.25. The van der Waals surface area contributed by atoms with E-state index in [0.29, 0.717) is 16.8 Å². The van der Waals surface area contributed by atoms with Gasteiger partial charge in [-0.15, -0.1) is 11.3 Å². The van der Waals surface area contributed by atoms with Gasteiger partial charge in [-0.2, -0.15) is 0 Å². The summed E-state index contributed by atoms with van der Waals surface area (Å²) >= 11 is 1.56. The minimum absolute atomic E-state index is 0.0242. The molecule has 2 aliphatic rings. The topological polar surface area (TPSA) is 58.4 Å². The minimum Gasteiger partial charge on any atom is -0.397 e. The highest BCUT2D eigenvalue weighted by atomic mass is 32.1. The molecule has 0 spiro atoms. The third-order valence-corrected chi connectivity index (χ3v) is 5.65. The van der Waals surface area contributed by atoms with E-state index in [2.05, 4.69) is 5.32 Å². The fraction of sp³-hybridized carbons (Fsp3) is 0.688. The van der Waals surface area contributed by atoms with Crippen LogP contribution in [-0.4, -0.2) is 30.9 Å². The number of hydrogen-bond donors (Lipinski definition) is 2. The SMILES string of the molecule is CN(C)C(=O)c1sc(NC2CCCCC2)c(C2CC2)c1N. The van der Waals surface area contributed by atoms with Gasteiger partial charge in [0.2, 0.25) is 0 Å². The second-order valence-electron chi connectivity index (χ2n) is 6.54. The number of nitrogens with zero attached hydrogens (tertiary/aromatic N) is 1. The molecule has 4 nitrogen and oxygen atoms in total. The average molecular weight is 307 g/mol. The van der Waals surface area contributed by atoms with Gasteiger partial charge in [-0.25, -0.2) is 0 Å². The largest absolute Gasteiger partial charge is 0.397 e. The Morgan fingerprint density at radius 2 is 1.86 bits per heavy atom. The normalized spacial score (nSPS) is 19.5. The molecule has 1 heterocycles. The molecule has 21 heavy (non-hydrogen) atoms. The molecule has 0 bridgehead atoms. The summed E-state index contributed by atoms with van der Waals surface area (Å²) in [5.74, 6) is 0.590. The van der Waals surface area contributed by atoms with E-state index in [4.69, 9.17) is 5.73 Å². The van der Waals surface area contributed by atoms with Crippen molar-refractivity contribution in [3.8, 4) is 0 Å². The predicted octanol–water partition coefficient (Wildman–Crippen LogP) is 3.65. The number of nitrogens with one attached hydrogen (secondary N) is 1. The summed E-state index contributed by atoms with van der Waals surface area (Å²) in [4.78, 5) is 14.6. The van der Waals surface area contributed by atoms with Crippen molar-refractivity contribution in [2.24, 2.45) is 0 Å². The zero-order chi connectivity index (χ0) is 15.0. The van der Waals surface area contributed by atoms with E-state index in [9.17, 15) is 4.79 Å². The predicted molar refractivity (Wildman–Crippen MR) is 89.2 cm³/mol. The quantitative estimate of drug-likeness (QED) is 0.892. The Labute approximate surface area is 130 Å². The zero-order valence-electron chi connectivity index (χ0n) is 12.9. The molecule has 0 aromatic carbocycles. The standard InChI is InChI=1S/C16H25N3OS/c1-19(2)16(20)14-13(17)12(10-8-9-10)15(21-14)18-11-6-4-3-5-7-11/h10-11,18H,3-9,17H2,1-2H3. The fourth-order valence-electron chi connectivity index (χ4n) is 3.14. The summed E-state index contributed by atoms with van der Waals surface area (Å²) in [5, 5.41) is 4.85. The average Bonchev–Trinajstić information content (AvgIpc) is 3.24. The van der Waals surface area contributed by atoms with Crippen molar-refractivity contribution < 1.29 is 4.79 Å². The van der Waals surface area contributed by atoms with Crippen LogP contribution in [0.2, 0.25) is 0 Å². The molecule has 5 heteroatoms. The van der Waals surface area contributed by atoms with Gasteiger partial charge in [0.25, 0.3) is 5.91 Å².